The molecule has 7 nitrogen and oxygen atoms in total. The summed E-state index contributed by atoms with van der Waals surface area (Å²) in [7, 11) is 1.47. The number of fused-ring (bicyclic) bond motifs is 1. The van der Waals surface area contributed by atoms with Crippen LogP contribution in [0.1, 0.15) is 25.3 Å². The van der Waals surface area contributed by atoms with Gasteiger partial charge in [-0.1, -0.05) is 0 Å². The molecule has 166 valence electrons. The Morgan fingerprint density at radius 1 is 1.13 bits per heavy atom. The first kappa shape index (κ1) is 21.2. The number of piperidine rings is 1. The largest absolute Gasteiger partial charge is 0.503 e. The summed E-state index contributed by atoms with van der Waals surface area (Å²) in [5.41, 5.74) is -3.35. The summed E-state index contributed by atoms with van der Waals surface area (Å²) in [4.78, 5) is 10.4. The zero-order valence-corrected chi connectivity index (χ0v) is 16.5. The van der Waals surface area contributed by atoms with Crippen molar-refractivity contribution in [2.24, 2.45) is 7.05 Å². The number of phenolic OH excluding ortho intramolecular Hbond substituents is 1. The van der Waals surface area contributed by atoms with Crippen LogP contribution in [-0.2, 0) is 13.2 Å². The number of aromatic hydroxyl groups is 1. The van der Waals surface area contributed by atoms with E-state index in [1.165, 1.54) is 17.9 Å². The van der Waals surface area contributed by atoms with Crippen molar-refractivity contribution in [3.63, 3.8) is 0 Å². The SMILES string of the molecule is Cn1nc(-c2cc(C(F)(F)F)c(F)c(O)c2F)c2cnc(N3CCC(C)(O)CC3)nc21. The normalized spacial score (nSPS) is 16.8. The third-order valence-corrected chi connectivity index (χ3v) is 5.43. The molecule has 1 fully saturated rings. The molecule has 3 aromatic rings. The van der Waals surface area contributed by atoms with Crippen molar-refractivity contribution in [1.82, 2.24) is 19.7 Å². The van der Waals surface area contributed by atoms with Gasteiger partial charge < -0.3 is 15.1 Å². The Hall–Kier alpha value is -3.02. The number of alkyl halides is 3. The lowest BCUT2D eigenvalue weighted by Crippen LogP contribution is -2.43. The molecule has 0 radical (unpaired) electrons. The fraction of sp³-hybridized carbons (Fsp3) is 0.421. The summed E-state index contributed by atoms with van der Waals surface area (Å²) in [6, 6.07) is 0.271. The highest BCUT2D eigenvalue weighted by Crippen LogP contribution is 2.41. The maximum Gasteiger partial charge on any atom is 0.419 e. The standard InChI is InChI=1S/C19H18F5N5O2/c1-18(31)3-5-29(6-4-18)17-25-8-10-14(27-28(2)16(10)26-17)9-7-11(19(22,23)24)13(21)15(30)12(9)20/h7-8,30-31H,3-6H2,1-2H3. The van der Waals surface area contributed by atoms with Crippen LogP contribution in [-0.4, -0.2) is 48.7 Å². The van der Waals surface area contributed by atoms with E-state index in [9.17, 15) is 32.2 Å². The molecule has 1 aliphatic heterocycles. The molecule has 0 aliphatic carbocycles. The zero-order chi connectivity index (χ0) is 22.7. The Balaban J connectivity index is 1.81. The summed E-state index contributed by atoms with van der Waals surface area (Å²) in [5.74, 6) is -5.06. The van der Waals surface area contributed by atoms with Gasteiger partial charge in [-0.05, 0) is 25.8 Å². The quantitative estimate of drug-likeness (QED) is 0.591. The van der Waals surface area contributed by atoms with E-state index in [0.29, 0.717) is 31.9 Å². The highest BCUT2D eigenvalue weighted by atomic mass is 19.4. The molecule has 2 N–H and O–H groups in total. The maximum absolute atomic E-state index is 14.5. The topological polar surface area (TPSA) is 87.3 Å². The van der Waals surface area contributed by atoms with Crippen molar-refractivity contribution in [3.8, 4) is 17.0 Å². The molecule has 2 aromatic heterocycles. The number of aliphatic hydroxyl groups is 1. The number of phenols is 1. The van der Waals surface area contributed by atoms with Gasteiger partial charge in [0.25, 0.3) is 0 Å². The molecule has 0 saturated carbocycles. The van der Waals surface area contributed by atoms with Crippen LogP contribution >= 0.6 is 0 Å². The van der Waals surface area contributed by atoms with Crippen molar-refractivity contribution >= 4 is 17.0 Å². The number of rotatable bonds is 2. The van der Waals surface area contributed by atoms with Crippen molar-refractivity contribution in [2.75, 3.05) is 18.0 Å². The molecule has 1 aromatic carbocycles. The van der Waals surface area contributed by atoms with Crippen molar-refractivity contribution in [1.29, 1.82) is 0 Å². The highest BCUT2D eigenvalue weighted by Gasteiger charge is 2.38. The van der Waals surface area contributed by atoms with Crippen LogP contribution in [0.3, 0.4) is 0 Å². The van der Waals surface area contributed by atoms with Gasteiger partial charge in [0.2, 0.25) is 5.95 Å². The monoisotopic (exact) mass is 443 g/mol. The van der Waals surface area contributed by atoms with Gasteiger partial charge in [-0.25, -0.2) is 18.4 Å². The Bertz CT molecular complexity index is 1160. The van der Waals surface area contributed by atoms with Gasteiger partial charge in [0.15, 0.2) is 23.0 Å². The molecule has 1 aliphatic rings. The van der Waals surface area contributed by atoms with Crippen LogP contribution < -0.4 is 4.90 Å². The van der Waals surface area contributed by atoms with Gasteiger partial charge in [0, 0.05) is 31.9 Å². The molecule has 1 saturated heterocycles. The van der Waals surface area contributed by atoms with E-state index in [1.807, 2.05) is 4.90 Å². The number of benzene rings is 1. The molecule has 3 heterocycles. The van der Waals surface area contributed by atoms with Crippen LogP contribution in [0.15, 0.2) is 12.3 Å². The van der Waals surface area contributed by atoms with E-state index in [4.69, 9.17) is 0 Å². The predicted octanol–water partition coefficient (Wildman–Crippen LogP) is 3.38. The van der Waals surface area contributed by atoms with Crippen LogP contribution in [0.25, 0.3) is 22.3 Å². The van der Waals surface area contributed by atoms with E-state index in [0.717, 1.165) is 0 Å². The predicted molar refractivity (Wildman–Crippen MR) is 100 cm³/mol. The average molecular weight is 443 g/mol. The number of hydrogen-bond donors (Lipinski definition) is 2. The Morgan fingerprint density at radius 3 is 2.39 bits per heavy atom. The van der Waals surface area contributed by atoms with E-state index in [-0.39, 0.29) is 22.8 Å². The first-order chi connectivity index (χ1) is 14.4. The molecule has 4 rings (SSSR count). The maximum atomic E-state index is 14.5. The summed E-state index contributed by atoms with van der Waals surface area (Å²) >= 11 is 0. The van der Waals surface area contributed by atoms with Crippen LogP contribution in [0, 0.1) is 11.6 Å². The smallest absolute Gasteiger partial charge is 0.419 e. The minimum atomic E-state index is -5.15. The first-order valence-corrected chi connectivity index (χ1v) is 9.34. The van der Waals surface area contributed by atoms with Gasteiger partial charge in [-0.2, -0.15) is 23.3 Å². The summed E-state index contributed by atoms with van der Waals surface area (Å²) in [6.07, 6.45) is -2.84. The number of aryl methyl sites for hydroxylation is 1. The summed E-state index contributed by atoms with van der Waals surface area (Å²) < 4.78 is 69.0. The second-order valence-electron chi connectivity index (χ2n) is 7.81. The molecule has 0 spiro atoms. The van der Waals surface area contributed by atoms with Crippen LogP contribution in [0.2, 0.25) is 0 Å². The molecule has 12 heteroatoms. The second-order valence-corrected chi connectivity index (χ2v) is 7.81. The van der Waals surface area contributed by atoms with E-state index in [1.54, 1.807) is 6.92 Å². The Labute approximate surface area is 172 Å². The highest BCUT2D eigenvalue weighted by molar-refractivity contribution is 5.91. The molecule has 0 unspecified atom stereocenters. The Morgan fingerprint density at radius 2 is 1.77 bits per heavy atom. The van der Waals surface area contributed by atoms with Gasteiger partial charge in [0.1, 0.15) is 5.69 Å². The molecule has 0 amide bonds. The number of anilines is 1. The van der Waals surface area contributed by atoms with Crippen molar-refractivity contribution in [3.05, 3.63) is 29.5 Å². The number of hydrogen-bond acceptors (Lipinski definition) is 6. The number of halogens is 5. The Kier molecular flexibility index (Phi) is 4.80. The average Bonchev–Trinajstić information content (AvgIpc) is 3.01. The zero-order valence-electron chi connectivity index (χ0n) is 16.5. The summed E-state index contributed by atoms with van der Waals surface area (Å²) in [6.45, 7) is 2.74. The number of nitrogens with zero attached hydrogens (tertiary/aromatic N) is 5. The van der Waals surface area contributed by atoms with Gasteiger partial charge in [-0.15, -0.1) is 0 Å². The fourth-order valence-corrected chi connectivity index (χ4v) is 3.57. The van der Waals surface area contributed by atoms with Gasteiger partial charge in [0.05, 0.1) is 16.6 Å². The van der Waals surface area contributed by atoms with Crippen LogP contribution in [0.5, 0.6) is 5.75 Å². The van der Waals surface area contributed by atoms with Crippen molar-refractivity contribution < 1.29 is 32.2 Å². The van der Waals surface area contributed by atoms with Gasteiger partial charge in [-0.3, -0.25) is 0 Å². The molecular weight excluding hydrogens is 425 g/mol. The summed E-state index contributed by atoms with van der Waals surface area (Å²) in [5, 5.41) is 23.8. The van der Waals surface area contributed by atoms with E-state index >= 15 is 0 Å². The molecule has 31 heavy (non-hydrogen) atoms. The molecule has 0 atom stereocenters. The van der Waals surface area contributed by atoms with Gasteiger partial charge >= 0.3 is 6.18 Å². The fourth-order valence-electron chi connectivity index (χ4n) is 3.57. The lowest BCUT2D eigenvalue weighted by Gasteiger charge is -2.35. The minimum absolute atomic E-state index is 0.133. The van der Waals surface area contributed by atoms with Crippen molar-refractivity contribution in [2.45, 2.75) is 31.5 Å². The molecular formula is C19H18F5N5O2. The molecule has 0 bridgehead atoms. The lowest BCUT2D eigenvalue weighted by molar-refractivity contribution is -0.140. The minimum Gasteiger partial charge on any atom is -0.503 e. The first-order valence-electron chi connectivity index (χ1n) is 9.34. The van der Waals surface area contributed by atoms with E-state index in [2.05, 4.69) is 15.1 Å². The number of aromatic nitrogens is 4. The van der Waals surface area contributed by atoms with Crippen LogP contribution in [0.4, 0.5) is 27.9 Å². The second kappa shape index (κ2) is 7.01. The third-order valence-electron chi connectivity index (χ3n) is 5.43. The lowest BCUT2D eigenvalue weighted by atomic mass is 9.94. The van der Waals surface area contributed by atoms with E-state index < -0.39 is 40.3 Å². The third kappa shape index (κ3) is 3.64.